The Bertz CT molecular complexity index is 1680. The molecule has 10 heteroatoms. The van der Waals surface area contributed by atoms with Gasteiger partial charge in [-0.15, -0.1) is 0 Å². The Hall–Kier alpha value is -2.27. The minimum absolute atomic E-state index is 0.0483. The van der Waals surface area contributed by atoms with Crippen LogP contribution in [0.2, 0.25) is 0 Å². The molecule has 3 aliphatic heterocycles. The maximum absolute atomic E-state index is 13.1. The monoisotopic (exact) mass is 736 g/mol. The van der Waals surface area contributed by atoms with Crippen LogP contribution >= 0.6 is 0 Å². The van der Waals surface area contributed by atoms with Crippen LogP contribution in [0.1, 0.15) is 104 Å². The van der Waals surface area contributed by atoms with Crippen molar-refractivity contribution in [3.05, 3.63) is 41.5 Å². The van der Waals surface area contributed by atoms with Gasteiger partial charge in [0.25, 0.3) is 0 Å². The highest BCUT2D eigenvalue weighted by molar-refractivity contribution is 7.89. The molecule has 1 aromatic rings. The Morgan fingerprint density at radius 2 is 1.69 bits per heavy atom. The van der Waals surface area contributed by atoms with Crippen molar-refractivity contribution in [1.82, 2.24) is 9.21 Å². The van der Waals surface area contributed by atoms with Crippen molar-refractivity contribution < 1.29 is 32.2 Å². The van der Waals surface area contributed by atoms with E-state index in [-0.39, 0.29) is 60.0 Å². The number of benzene rings is 1. The first kappa shape index (κ1) is 36.7. The number of allylic oxidation sites excluding steroid dienone is 1. The number of carbonyl (C=O) groups excluding carboxylic acids is 2. The van der Waals surface area contributed by atoms with E-state index in [0.717, 1.165) is 50.7 Å². The van der Waals surface area contributed by atoms with Gasteiger partial charge in [0.1, 0.15) is 6.10 Å². The van der Waals surface area contributed by atoms with Gasteiger partial charge in [0.2, 0.25) is 15.9 Å². The van der Waals surface area contributed by atoms with Gasteiger partial charge < -0.3 is 19.1 Å². The third-order valence-corrected chi connectivity index (χ3v) is 17.3. The van der Waals surface area contributed by atoms with Crippen LogP contribution in [-0.2, 0) is 33.8 Å². The molecule has 0 radical (unpaired) electrons. The van der Waals surface area contributed by atoms with Gasteiger partial charge in [-0.05, 0) is 104 Å². The van der Waals surface area contributed by atoms with E-state index in [2.05, 4.69) is 33.8 Å². The van der Waals surface area contributed by atoms with Crippen LogP contribution in [-0.4, -0.2) is 80.3 Å². The second-order valence-electron chi connectivity index (χ2n) is 18.2. The Morgan fingerprint density at radius 1 is 0.942 bits per heavy atom. The number of ether oxygens (including phenoxy) is 3. The summed E-state index contributed by atoms with van der Waals surface area (Å²) in [5.74, 6) is 2.80. The van der Waals surface area contributed by atoms with Gasteiger partial charge in [-0.1, -0.05) is 57.0 Å². The molecule has 1 aromatic carbocycles. The van der Waals surface area contributed by atoms with Gasteiger partial charge in [-0.3, -0.25) is 9.59 Å². The number of amides is 1. The first-order valence-electron chi connectivity index (χ1n) is 20.3. The summed E-state index contributed by atoms with van der Waals surface area (Å²) < 4.78 is 47.1. The smallest absolute Gasteiger partial charge is 0.306 e. The zero-order chi connectivity index (χ0) is 36.6. The first-order chi connectivity index (χ1) is 24.7. The highest BCUT2D eigenvalue weighted by Gasteiger charge is 2.68. The maximum Gasteiger partial charge on any atom is 0.306 e. The molecule has 0 aromatic heterocycles. The van der Waals surface area contributed by atoms with E-state index in [1.165, 1.54) is 29.1 Å². The number of hydrogen-bond acceptors (Lipinski definition) is 7. The molecule has 6 fully saturated rings. The van der Waals surface area contributed by atoms with E-state index in [9.17, 15) is 18.0 Å². The molecule has 52 heavy (non-hydrogen) atoms. The van der Waals surface area contributed by atoms with E-state index in [0.29, 0.717) is 60.1 Å². The van der Waals surface area contributed by atoms with Crippen LogP contribution in [0.5, 0.6) is 0 Å². The van der Waals surface area contributed by atoms with Crippen LogP contribution in [0.25, 0.3) is 0 Å². The summed E-state index contributed by atoms with van der Waals surface area (Å²) in [5.41, 5.74) is 2.91. The average Bonchev–Trinajstić information content (AvgIpc) is 3.58. The summed E-state index contributed by atoms with van der Waals surface area (Å²) >= 11 is 0. The van der Waals surface area contributed by atoms with Crippen molar-refractivity contribution in [2.75, 3.05) is 32.8 Å². The summed E-state index contributed by atoms with van der Waals surface area (Å²) in [7, 11) is -3.60. The predicted molar refractivity (Wildman–Crippen MR) is 197 cm³/mol. The van der Waals surface area contributed by atoms with Crippen molar-refractivity contribution in [2.45, 2.75) is 128 Å². The highest BCUT2D eigenvalue weighted by Crippen LogP contribution is 2.70. The number of fused-ring (bicyclic) bond motifs is 7. The molecule has 1 amide bonds. The van der Waals surface area contributed by atoms with Crippen molar-refractivity contribution in [3.8, 4) is 0 Å². The van der Waals surface area contributed by atoms with E-state index >= 15 is 0 Å². The van der Waals surface area contributed by atoms with E-state index < -0.39 is 10.0 Å². The lowest BCUT2D eigenvalue weighted by Crippen LogP contribution is -2.52. The number of sulfonamides is 1. The zero-order valence-electron chi connectivity index (χ0n) is 32.0. The molecule has 7 aliphatic rings. The second kappa shape index (κ2) is 13.5. The maximum atomic E-state index is 13.1. The topological polar surface area (TPSA) is 102 Å². The third-order valence-electron chi connectivity index (χ3n) is 15.4. The Kier molecular flexibility index (Phi) is 9.52. The molecule has 0 bridgehead atoms. The molecule has 0 N–H and O–H groups in total. The molecule has 9 nitrogen and oxygen atoms in total. The molecular weight excluding hydrogens is 677 g/mol. The van der Waals surface area contributed by atoms with Crippen molar-refractivity contribution in [1.29, 1.82) is 0 Å². The normalized spacial score (nSPS) is 41.8. The second-order valence-corrected chi connectivity index (χ2v) is 20.2. The van der Waals surface area contributed by atoms with Gasteiger partial charge in [0.05, 0.1) is 24.0 Å². The van der Waals surface area contributed by atoms with Gasteiger partial charge >= 0.3 is 5.97 Å². The number of esters is 1. The van der Waals surface area contributed by atoms with Gasteiger partial charge in [-0.2, -0.15) is 4.31 Å². The summed E-state index contributed by atoms with van der Waals surface area (Å²) in [6.45, 7) is 13.6. The molecule has 3 saturated heterocycles. The Balaban J connectivity index is 0.827. The molecule has 11 atom stereocenters. The van der Waals surface area contributed by atoms with Crippen molar-refractivity contribution in [2.24, 2.45) is 46.3 Å². The molecule has 286 valence electrons. The SMILES string of the molecule is Cc1ccc(S(=O)(=O)N2CCN(C(=O)CCC(=O)O[C@H]3CC[C@@]4(C)C(=CC[C@H]5[C@@H]6C[C@@H]7O[C@]8(CC[C@@H](C)CO8)[C@@H](C)[C@@H]7[C@@]6(C)CC[C@@H]54)C3)CC2)cc1. The van der Waals surface area contributed by atoms with E-state index in [1.807, 2.05) is 6.92 Å². The van der Waals surface area contributed by atoms with Crippen LogP contribution in [0.15, 0.2) is 40.8 Å². The minimum atomic E-state index is -3.60. The van der Waals surface area contributed by atoms with Gasteiger partial charge in [-0.25, -0.2) is 8.42 Å². The minimum Gasteiger partial charge on any atom is -0.462 e. The molecule has 4 aliphatic carbocycles. The Labute approximate surface area is 311 Å². The number of rotatable bonds is 6. The lowest BCUT2D eigenvalue weighted by molar-refractivity contribution is -0.272. The number of carbonyl (C=O) groups is 2. The average molecular weight is 737 g/mol. The largest absolute Gasteiger partial charge is 0.462 e. The lowest BCUT2D eigenvalue weighted by Gasteiger charge is -2.58. The number of piperazine rings is 1. The number of aryl methyl sites for hydroxylation is 1. The molecule has 3 saturated carbocycles. The number of nitrogens with zero attached hydrogens (tertiary/aromatic N) is 2. The van der Waals surface area contributed by atoms with Crippen LogP contribution in [0, 0.1) is 53.3 Å². The fourth-order valence-electron chi connectivity index (χ4n) is 12.4. The zero-order valence-corrected chi connectivity index (χ0v) is 32.8. The standard InChI is InChI=1S/C42H60N2O7S/c1-27-6-9-32(10-7-27)52(47,48)44-22-20-43(21-23-44)37(45)12-13-38(46)50-31-15-17-40(4)30(24-31)8-11-33-34(40)16-18-41(5)35(33)25-36-39(41)29(3)42(51-36)19-14-28(2)26-49-42/h6-10,28-29,31,33-36,39H,11-26H2,1-5H3/t28-,29+,31+,33-,34+,35+,36+,39+,40+,41+,42-/m1/s1. The molecule has 0 unspecified atom stereocenters. The van der Waals surface area contributed by atoms with Gasteiger partial charge in [0, 0.05) is 51.4 Å². The third kappa shape index (κ3) is 6.10. The lowest BCUT2D eigenvalue weighted by atomic mass is 9.47. The highest BCUT2D eigenvalue weighted by atomic mass is 32.2. The van der Waals surface area contributed by atoms with Crippen molar-refractivity contribution in [3.63, 3.8) is 0 Å². The summed E-state index contributed by atoms with van der Waals surface area (Å²) in [6, 6.07) is 6.84. The van der Waals surface area contributed by atoms with Crippen LogP contribution in [0.3, 0.4) is 0 Å². The fourth-order valence-corrected chi connectivity index (χ4v) is 13.8. The Morgan fingerprint density at radius 3 is 2.40 bits per heavy atom. The van der Waals surface area contributed by atoms with E-state index in [1.54, 1.807) is 29.2 Å². The quantitative estimate of drug-likeness (QED) is 0.232. The van der Waals surface area contributed by atoms with Crippen molar-refractivity contribution >= 4 is 21.9 Å². The van der Waals surface area contributed by atoms with Gasteiger partial charge in [0.15, 0.2) is 5.79 Å². The molecule has 1 spiro atoms. The molecule has 8 rings (SSSR count). The summed E-state index contributed by atoms with van der Waals surface area (Å²) in [6.07, 6.45) is 12.5. The van der Waals surface area contributed by atoms with Crippen LogP contribution in [0.4, 0.5) is 0 Å². The van der Waals surface area contributed by atoms with E-state index in [4.69, 9.17) is 14.2 Å². The summed E-state index contributed by atoms with van der Waals surface area (Å²) in [5, 5.41) is 0. The molecule has 3 heterocycles. The predicted octanol–water partition coefficient (Wildman–Crippen LogP) is 6.89. The number of hydrogen-bond donors (Lipinski definition) is 0. The molecular formula is C42H60N2O7S. The first-order valence-corrected chi connectivity index (χ1v) is 21.7. The summed E-state index contributed by atoms with van der Waals surface area (Å²) in [4.78, 5) is 28.0. The van der Waals surface area contributed by atoms with Crippen LogP contribution < -0.4 is 0 Å². The fraction of sp³-hybridized carbons (Fsp3) is 0.762.